The minimum Gasteiger partial charge on any atom is -0.550 e. The third-order valence-electron chi connectivity index (χ3n) is 8.31. The van der Waals surface area contributed by atoms with Crippen LogP contribution < -0.4 is 44.7 Å². The molecule has 4 aromatic carbocycles. The summed E-state index contributed by atoms with van der Waals surface area (Å²) in [5.74, 6) is -0.212. The fraction of sp³-hybridized carbons (Fsp3) is 0.316. The predicted molar refractivity (Wildman–Crippen MR) is 171 cm³/mol. The number of rotatable bonds is 15. The summed E-state index contributed by atoms with van der Waals surface area (Å²) in [5, 5.41) is 15.5. The smallest absolute Gasteiger partial charge is 0.550 e. The Hall–Kier alpha value is -3.38. The van der Waals surface area contributed by atoms with Crippen molar-refractivity contribution >= 4 is 28.7 Å². The van der Waals surface area contributed by atoms with Gasteiger partial charge in [-0.2, -0.15) is 0 Å². The summed E-state index contributed by atoms with van der Waals surface area (Å²) in [4.78, 5) is 23.7. The van der Waals surface area contributed by atoms with Gasteiger partial charge in [-0.15, -0.1) is 0 Å². The van der Waals surface area contributed by atoms with E-state index < -0.39 is 11.6 Å². The molecule has 0 spiro atoms. The second-order valence-electron chi connectivity index (χ2n) is 11.3. The van der Waals surface area contributed by atoms with Gasteiger partial charge in [0.25, 0.3) is 5.91 Å². The van der Waals surface area contributed by atoms with Crippen molar-refractivity contribution < 1.29 is 49.0 Å². The van der Waals surface area contributed by atoms with E-state index >= 15 is 0 Å². The summed E-state index contributed by atoms with van der Waals surface area (Å²) in [6.07, 6.45) is 13.9. The molecule has 44 heavy (non-hydrogen) atoms. The van der Waals surface area contributed by atoms with E-state index in [4.69, 9.17) is 4.74 Å². The molecule has 6 heteroatoms. The maximum absolute atomic E-state index is 13.2. The van der Waals surface area contributed by atoms with Crippen molar-refractivity contribution in [2.75, 3.05) is 6.54 Å². The Morgan fingerprint density at radius 1 is 0.659 bits per heavy atom. The van der Waals surface area contributed by atoms with Crippen molar-refractivity contribution in [3.63, 3.8) is 0 Å². The summed E-state index contributed by atoms with van der Waals surface area (Å²) in [7, 11) is 0. The van der Waals surface area contributed by atoms with Crippen LogP contribution in [0.3, 0.4) is 0 Å². The Morgan fingerprint density at radius 2 is 1.25 bits per heavy atom. The molecule has 1 N–H and O–H groups in total. The zero-order valence-corrected chi connectivity index (χ0v) is 27.7. The van der Waals surface area contributed by atoms with E-state index in [0.29, 0.717) is 12.1 Å². The van der Waals surface area contributed by atoms with Gasteiger partial charge in [-0.05, 0) is 60.4 Å². The van der Waals surface area contributed by atoms with E-state index in [9.17, 15) is 14.7 Å². The third-order valence-corrected chi connectivity index (χ3v) is 8.31. The van der Waals surface area contributed by atoms with Crippen LogP contribution in [0, 0.1) is 0 Å². The molecule has 222 valence electrons. The number of carboxylic acids is 1. The topological polar surface area (TPSA) is 78.5 Å². The molecule has 1 heterocycles. The molecule has 0 aromatic heterocycles. The quantitative estimate of drug-likeness (QED) is 0.161. The number of aliphatic carboxylic acids is 1. The maximum atomic E-state index is 13.2. The van der Waals surface area contributed by atoms with E-state index in [2.05, 4.69) is 47.8 Å². The number of fused-ring (bicyclic) bond motifs is 3. The first-order valence-electron chi connectivity index (χ1n) is 15.6. The average molecular weight is 598 g/mol. The van der Waals surface area contributed by atoms with Gasteiger partial charge in [0.2, 0.25) is 0 Å². The van der Waals surface area contributed by atoms with Gasteiger partial charge < -0.3 is 20.0 Å². The first-order chi connectivity index (χ1) is 21.1. The van der Waals surface area contributed by atoms with Gasteiger partial charge in [0, 0.05) is 34.8 Å². The molecule has 1 aliphatic heterocycles. The standard InChI is InChI=1S/C38H41NO4.Na/c40-36(41)23-14-6-4-2-1-3-5-7-15-28-39-37(42)34-22-16-21-31-32(34)24-25-35-33(31)26-27-38(43-35,29-17-10-8-11-18-29)30-19-12-9-13-20-30;/h8-13,16-22,24-27H,1-7,14-15,23,28H2,(H,39,42)(H,40,41);/q;+1/p-1. The molecule has 1 amide bonds. The minimum atomic E-state index is -0.951. The molecular formula is C38H40NNaO4. The van der Waals surface area contributed by atoms with E-state index in [-0.39, 0.29) is 41.9 Å². The van der Waals surface area contributed by atoms with Gasteiger partial charge in [-0.1, -0.05) is 118 Å². The number of unbranched alkanes of at least 4 members (excludes halogenated alkanes) is 8. The molecule has 1 aliphatic rings. The Morgan fingerprint density at radius 3 is 1.86 bits per heavy atom. The zero-order valence-electron chi connectivity index (χ0n) is 25.7. The number of hydrogen-bond acceptors (Lipinski definition) is 4. The molecule has 0 saturated carbocycles. The molecule has 5 rings (SSSR count). The Kier molecular flexibility index (Phi) is 12.7. The summed E-state index contributed by atoms with van der Waals surface area (Å²) >= 11 is 0. The number of amides is 1. The van der Waals surface area contributed by atoms with Crippen LogP contribution in [0.4, 0.5) is 0 Å². The first-order valence-corrected chi connectivity index (χ1v) is 15.6. The van der Waals surface area contributed by atoms with Gasteiger partial charge in [-0.25, -0.2) is 0 Å². The predicted octanol–water partition coefficient (Wildman–Crippen LogP) is 4.57. The Bertz CT molecular complexity index is 1510. The molecule has 0 aliphatic carbocycles. The number of nitrogens with one attached hydrogen (secondary N) is 1. The second-order valence-corrected chi connectivity index (χ2v) is 11.3. The van der Waals surface area contributed by atoms with Crippen molar-refractivity contribution in [3.8, 4) is 5.75 Å². The van der Waals surface area contributed by atoms with Crippen LogP contribution in [0.5, 0.6) is 5.75 Å². The van der Waals surface area contributed by atoms with Crippen LogP contribution in [0.25, 0.3) is 16.8 Å². The van der Waals surface area contributed by atoms with Crippen LogP contribution in [0.1, 0.15) is 91.3 Å². The monoisotopic (exact) mass is 597 g/mol. The Balaban J connectivity index is 0.00000442. The minimum absolute atomic E-state index is 0. The van der Waals surface area contributed by atoms with Crippen LogP contribution in [0.2, 0.25) is 0 Å². The normalized spacial score (nSPS) is 13.0. The average Bonchev–Trinajstić information content (AvgIpc) is 3.05. The van der Waals surface area contributed by atoms with E-state index in [1.165, 1.54) is 12.8 Å². The number of benzene rings is 4. The molecular weight excluding hydrogens is 557 g/mol. The number of hydrogen-bond donors (Lipinski definition) is 1. The van der Waals surface area contributed by atoms with Gasteiger partial charge in [0.1, 0.15) is 5.75 Å². The molecule has 4 aromatic rings. The molecule has 0 bridgehead atoms. The fourth-order valence-electron chi connectivity index (χ4n) is 6.01. The first kappa shape index (κ1) is 33.5. The number of ether oxygens (including phenoxy) is 1. The van der Waals surface area contributed by atoms with Crippen molar-refractivity contribution in [1.82, 2.24) is 5.32 Å². The molecule has 0 radical (unpaired) electrons. The van der Waals surface area contributed by atoms with Crippen molar-refractivity contribution in [2.45, 2.75) is 69.8 Å². The number of carbonyl (C=O) groups is 2. The van der Waals surface area contributed by atoms with Crippen LogP contribution in [-0.2, 0) is 10.4 Å². The van der Waals surface area contributed by atoms with Gasteiger partial charge in [0.15, 0.2) is 5.60 Å². The van der Waals surface area contributed by atoms with Gasteiger partial charge in [0.05, 0.1) is 0 Å². The largest absolute Gasteiger partial charge is 1.00 e. The van der Waals surface area contributed by atoms with Crippen LogP contribution in [0.15, 0.2) is 97.1 Å². The maximum Gasteiger partial charge on any atom is 1.00 e. The second kappa shape index (κ2) is 16.6. The van der Waals surface area contributed by atoms with Crippen LogP contribution >= 0.6 is 0 Å². The molecule has 0 atom stereocenters. The van der Waals surface area contributed by atoms with Gasteiger partial charge >= 0.3 is 29.6 Å². The number of carboxylic acid groups (broad SMARTS) is 1. The summed E-state index contributed by atoms with van der Waals surface area (Å²) in [5.41, 5.74) is 3.03. The fourth-order valence-corrected chi connectivity index (χ4v) is 6.01. The number of carbonyl (C=O) groups excluding carboxylic acids is 2. The summed E-state index contributed by atoms with van der Waals surface area (Å²) in [6, 6.07) is 30.4. The van der Waals surface area contributed by atoms with Crippen molar-refractivity contribution in [1.29, 1.82) is 0 Å². The molecule has 0 unspecified atom stereocenters. The van der Waals surface area contributed by atoms with Crippen molar-refractivity contribution in [3.05, 3.63) is 119 Å². The van der Waals surface area contributed by atoms with Crippen LogP contribution in [-0.4, -0.2) is 18.4 Å². The van der Waals surface area contributed by atoms with E-state index in [1.54, 1.807) is 0 Å². The Labute approximate surface area is 283 Å². The summed E-state index contributed by atoms with van der Waals surface area (Å²) in [6.45, 7) is 0.656. The molecule has 0 fully saturated rings. The SMILES string of the molecule is O=C([O-])CCCCCCCCCCCNC(=O)c1cccc2c3c(ccc12)OC(c1ccccc1)(c1ccccc1)C=C3.[Na+]. The van der Waals surface area contributed by atoms with Crippen molar-refractivity contribution in [2.24, 2.45) is 0 Å². The third kappa shape index (κ3) is 8.20. The molecule has 5 nitrogen and oxygen atoms in total. The summed E-state index contributed by atoms with van der Waals surface area (Å²) < 4.78 is 6.84. The zero-order chi connectivity index (χ0) is 29.9. The van der Waals surface area contributed by atoms with Gasteiger partial charge in [-0.3, -0.25) is 4.79 Å². The van der Waals surface area contributed by atoms with E-state index in [1.807, 2.05) is 60.7 Å². The van der Waals surface area contributed by atoms with E-state index in [0.717, 1.165) is 78.2 Å². The molecule has 0 saturated heterocycles.